The van der Waals surface area contributed by atoms with Gasteiger partial charge in [0.15, 0.2) is 5.58 Å². The van der Waals surface area contributed by atoms with E-state index in [0.717, 1.165) is 61.9 Å². The van der Waals surface area contributed by atoms with Crippen molar-refractivity contribution in [2.24, 2.45) is 0 Å². The highest BCUT2D eigenvalue weighted by atomic mass is 16.3. The molecule has 0 saturated heterocycles. The molecule has 0 fully saturated rings. The molecule has 0 saturated carbocycles. The van der Waals surface area contributed by atoms with Crippen LogP contribution in [0.25, 0.3) is 61.6 Å². The zero-order chi connectivity index (χ0) is 40.0. The third-order valence-corrected chi connectivity index (χ3v) is 10.8. The van der Waals surface area contributed by atoms with E-state index in [1.54, 1.807) is 0 Å². The summed E-state index contributed by atoms with van der Waals surface area (Å²) in [4.78, 5) is 4.58. The van der Waals surface area contributed by atoms with Crippen LogP contribution in [0.1, 0.15) is 12.7 Å². The highest BCUT2D eigenvalue weighted by molar-refractivity contribution is 6.00. The number of para-hydroxylation sites is 1. The molecule has 1 heterocycles. The lowest BCUT2D eigenvalue weighted by Gasteiger charge is -2.28. The molecule has 0 aliphatic carbocycles. The van der Waals surface area contributed by atoms with Crippen LogP contribution in [0.5, 0.6) is 0 Å². The molecule has 0 amide bonds. The minimum Gasteiger partial charge on any atom is -0.455 e. The van der Waals surface area contributed by atoms with Crippen molar-refractivity contribution < 1.29 is 4.42 Å². The largest absolute Gasteiger partial charge is 0.455 e. The van der Waals surface area contributed by atoms with Crippen molar-refractivity contribution in [3.63, 3.8) is 0 Å². The van der Waals surface area contributed by atoms with Crippen molar-refractivity contribution in [3.8, 4) is 44.5 Å². The van der Waals surface area contributed by atoms with Crippen LogP contribution in [0.4, 0.5) is 28.4 Å². The molecule has 0 N–H and O–H groups in total. The van der Waals surface area contributed by atoms with E-state index in [4.69, 9.17) is 4.42 Å². The first-order valence-corrected chi connectivity index (χ1v) is 20.1. The van der Waals surface area contributed by atoms with Gasteiger partial charge in [0.1, 0.15) is 5.76 Å². The third-order valence-electron chi connectivity index (χ3n) is 10.8. The van der Waals surface area contributed by atoms with Crippen LogP contribution >= 0.6 is 0 Å². The smallest absolute Gasteiger partial charge is 0.158 e. The Hall–Kier alpha value is -7.62. The fourth-order valence-corrected chi connectivity index (χ4v) is 7.77. The summed E-state index contributed by atoms with van der Waals surface area (Å²) in [5.74, 6) is 0.799. The highest BCUT2D eigenvalue weighted by Crippen LogP contribution is 2.44. The molecule has 0 atom stereocenters. The molecule has 1 aromatic heterocycles. The summed E-state index contributed by atoms with van der Waals surface area (Å²) in [6.45, 7) is 2.02. The topological polar surface area (TPSA) is 19.6 Å². The zero-order valence-corrected chi connectivity index (χ0v) is 33.2. The number of nitrogens with zero attached hydrogens (tertiary/aromatic N) is 2. The van der Waals surface area contributed by atoms with Gasteiger partial charge in [0.05, 0.1) is 5.69 Å². The Morgan fingerprint density at radius 3 is 1.47 bits per heavy atom. The quantitative estimate of drug-likeness (QED) is 0.122. The Morgan fingerprint density at radius 2 is 0.881 bits per heavy atom. The Bertz CT molecular complexity index is 2860. The van der Waals surface area contributed by atoms with E-state index in [1.165, 1.54) is 27.8 Å². The maximum absolute atomic E-state index is 6.71. The van der Waals surface area contributed by atoms with Crippen molar-refractivity contribution in [3.05, 3.63) is 230 Å². The number of allylic oxidation sites excluding steroid dienone is 3. The van der Waals surface area contributed by atoms with E-state index in [0.29, 0.717) is 0 Å². The van der Waals surface area contributed by atoms with Gasteiger partial charge in [-0.15, -0.1) is 0 Å². The second kappa shape index (κ2) is 16.9. The third kappa shape index (κ3) is 7.87. The number of rotatable bonds is 11. The first kappa shape index (κ1) is 37.0. The Kier molecular flexibility index (Phi) is 10.6. The molecule has 0 radical (unpaired) electrons. The van der Waals surface area contributed by atoms with Crippen LogP contribution in [-0.2, 0) is 0 Å². The number of furan rings is 1. The fraction of sp³-hybridized carbons (Fsp3) is 0.0357. The summed E-state index contributed by atoms with van der Waals surface area (Å²) in [6, 6.07) is 73.4. The monoisotopic (exact) mass is 760 g/mol. The van der Waals surface area contributed by atoms with Gasteiger partial charge < -0.3 is 14.2 Å². The van der Waals surface area contributed by atoms with Crippen LogP contribution in [-0.4, -0.2) is 7.05 Å². The van der Waals surface area contributed by atoms with Gasteiger partial charge in [-0.3, -0.25) is 0 Å². The number of fused-ring (bicyclic) bond motifs is 1. The molecule has 0 aliphatic rings. The van der Waals surface area contributed by atoms with Crippen molar-refractivity contribution >= 4 is 45.5 Å². The zero-order valence-electron chi connectivity index (χ0n) is 33.2. The number of anilines is 5. The maximum atomic E-state index is 6.71. The molecule has 3 heteroatoms. The van der Waals surface area contributed by atoms with Gasteiger partial charge in [0.25, 0.3) is 0 Å². The lowest BCUT2D eigenvalue weighted by atomic mass is 9.99. The first-order valence-electron chi connectivity index (χ1n) is 20.1. The van der Waals surface area contributed by atoms with E-state index in [1.807, 2.05) is 31.2 Å². The van der Waals surface area contributed by atoms with E-state index >= 15 is 0 Å². The van der Waals surface area contributed by atoms with E-state index in [-0.39, 0.29) is 0 Å². The lowest BCUT2D eigenvalue weighted by Crippen LogP contribution is -2.13. The van der Waals surface area contributed by atoms with E-state index in [2.05, 4.69) is 223 Å². The van der Waals surface area contributed by atoms with Crippen molar-refractivity contribution in [1.82, 2.24) is 0 Å². The van der Waals surface area contributed by atoms with Gasteiger partial charge in [0.2, 0.25) is 0 Å². The minimum atomic E-state index is 0.799. The number of hydrogen-bond acceptors (Lipinski definition) is 3. The fourth-order valence-electron chi connectivity index (χ4n) is 7.77. The number of hydrogen-bond donors (Lipinski definition) is 0. The average Bonchev–Trinajstić information content (AvgIpc) is 3.73. The van der Waals surface area contributed by atoms with E-state index < -0.39 is 0 Å². The second-order valence-corrected chi connectivity index (χ2v) is 14.6. The Balaban J connectivity index is 1.15. The standard InChI is InChI=1S/C56H44N2O/c1-3-4-8-23-52-39-48-38-47(42-19-11-6-12-20-42)40-55(56(48)59-52)58(50-32-30-45(31-33-50)44-28-26-43(27-29-44)41-17-9-5-10-18-41)51-36-34-49(35-37-51)57(2)54-25-16-15-24-53(54)46-21-13-7-14-22-46/h3-40H,1-2H3/b4-3-,23-8-. The predicted molar refractivity (Wildman–Crippen MR) is 251 cm³/mol. The van der Waals surface area contributed by atoms with Crippen LogP contribution in [0, 0.1) is 0 Å². The maximum Gasteiger partial charge on any atom is 0.158 e. The van der Waals surface area contributed by atoms with Crippen molar-refractivity contribution in [1.29, 1.82) is 0 Å². The van der Waals surface area contributed by atoms with Gasteiger partial charge in [-0.25, -0.2) is 0 Å². The lowest BCUT2D eigenvalue weighted by molar-refractivity contribution is 0.604. The van der Waals surface area contributed by atoms with Gasteiger partial charge in [-0.1, -0.05) is 164 Å². The van der Waals surface area contributed by atoms with Gasteiger partial charge in [-0.2, -0.15) is 0 Å². The SMILES string of the molecule is C/C=C\C=C/c1cc2cc(-c3ccccc3)cc(N(c3ccc(-c4ccc(-c5ccccc5)cc4)cc3)c3ccc(N(C)c4ccccc4-c4ccccc4)cc3)c2o1. The Labute approximate surface area is 347 Å². The summed E-state index contributed by atoms with van der Waals surface area (Å²) in [6.07, 6.45) is 8.07. The van der Waals surface area contributed by atoms with Gasteiger partial charge in [0, 0.05) is 40.7 Å². The molecule has 0 aliphatic heterocycles. The molecule has 9 aromatic rings. The number of benzene rings is 8. The summed E-state index contributed by atoms with van der Waals surface area (Å²) in [5.41, 5.74) is 15.4. The van der Waals surface area contributed by atoms with Crippen LogP contribution in [0.2, 0.25) is 0 Å². The van der Waals surface area contributed by atoms with Crippen LogP contribution in [0.3, 0.4) is 0 Å². The van der Waals surface area contributed by atoms with Crippen LogP contribution in [0.15, 0.2) is 229 Å². The molecular weight excluding hydrogens is 717 g/mol. The summed E-state index contributed by atoms with van der Waals surface area (Å²) in [7, 11) is 2.14. The first-order chi connectivity index (χ1) is 29.1. The second-order valence-electron chi connectivity index (χ2n) is 14.6. The molecular formula is C56H44N2O. The minimum absolute atomic E-state index is 0.799. The molecule has 9 rings (SSSR count). The van der Waals surface area contributed by atoms with Crippen molar-refractivity contribution in [2.75, 3.05) is 16.8 Å². The highest BCUT2D eigenvalue weighted by Gasteiger charge is 2.21. The molecule has 0 bridgehead atoms. The molecule has 0 unspecified atom stereocenters. The molecule has 0 spiro atoms. The average molecular weight is 761 g/mol. The Morgan fingerprint density at radius 1 is 0.407 bits per heavy atom. The molecule has 8 aromatic carbocycles. The van der Waals surface area contributed by atoms with Gasteiger partial charge >= 0.3 is 0 Å². The normalized spacial score (nSPS) is 11.4. The molecule has 3 nitrogen and oxygen atoms in total. The van der Waals surface area contributed by atoms with Crippen molar-refractivity contribution in [2.45, 2.75) is 6.92 Å². The van der Waals surface area contributed by atoms with Crippen LogP contribution < -0.4 is 9.80 Å². The summed E-state index contributed by atoms with van der Waals surface area (Å²) >= 11 is 0. The molecule has 59 heavy (non-hydrogen) atoms. The predicted octanol–water partition coefficient (Wildman–Crippen LogP) is 15.9. The summed E-state index contributed by atoms with van der Waals surface area (Å²) < 4.78 is 6.71. The van der Waals surface area contributed by atoms with E-state index in [9.17, 15) is 0 Å². The molecule has 284 valence electrons. The summed E-state index contributed by atoms with van der Waals surface area (Å²) in [5, 5.41) is 1.04. The van der Waals surface area contributed by atoms with Gasteiger partial charge in [-0.05, 0) is 113 Å².